The van der Waals surface area contributed by atoms with Crippen LogP contribution in [0.1, 0.15) is 30.1 Å². The third kappa shape index (κ3) is 3.47. The van der Waals surface area contributed by atoms with E-state index in [0.717, 1.165) is 19.4 Å². The second-order valence-electron chi connectivity index (χ2n) is 4.77. The minimum Gasteiger partial charge on any atom is -0.343 e. The van der Waals surface area contributed by atoms with Crippen LogP contribution < -0.4 is 5.32 Å². The van der Waals surface area contributed by atoms with Crippen molar-refractivity contribution in [2.24, 2.45) is 0 Å². The summed E-state index contributed by atoms with van der Waals surface area (Å²) in [6.45, 7) is 2.87. The van der Waals surface area contributed by atoms with Crippen molar-refractivity contribution in [3.8, 4) is 0 Å². The highest BCUT2D eigenvalue weighted by atomic mass is 35.5. The van der Waals surface area contributed by atoms with Crippen molar-refractivity contribution in [3.05, 3.63) is 34.9 Å². The number of halogens is 1. The fraction of sp³-hybridized carbons (Fsp3) is 0.429. The molecular weight excluding hydrogens is 264 g/mol. The third-order valence-corrected chi connectivity index (χ3v) is 3.63. The largest absolute Gasteiger partial charge is 0.343 e. The zero-order chi connectivity index (χ0) is 13.8. The maximum Gasteiger partial charge on any atom is 0.251 e. The minimum absolute atomic E-state index is 0.0210. The van der Waals surface area contributed by atoms with Crippen molar-refractivity contribution in [1.29, 1.82) is 0 Å². The lowest BCUT2D eigenvalue weighted by Crippen LogP contribution is -2.41. The van der Waals surface area contributed by atoms with Crippen molar-refractivity contribution in [2.45, 2.75) is 25.8 Å². The summed E-state index contributed by atoms with van der Waals surface area (Å²) in [4.78, 5) is 25.6. The Morgan fingerprint density at radius 3 is 2.63 bits per heavy atom. The van der Waals surface area contributed by atoms with E-state index in [4.69, 9.17) is 11.6 Å². The highest BCUT2D eigenvalue weighted by Crippen LogP contribution is 2.16. The van der Waals surface area contributed by atoms with Crippen LogP contribution in [0.4, 0.5) is 0 Å². The van der Waals surface area contributed by atoms with Gasteiger partial charge in [0.05, 0.1) is 6.54 Å². The van der Waals surface area contributed by atoms with Gasteiger partial charge in [-0.05, 0) is 44.0 Å². The Balaban J connectivity index is 1.86. The van der Waals surface area contributed by atoms with Crippen LogP contribution in [0.25, 0.3) is 0 Å². The molecular formula is C14H17ClN2O2. The van der Waals surface area contributed by atoms with Crippen molar-refractivity contribution in [3.63, 3.8) is 0 Å². The molecule has 0 aliphatic carbocycles. The smallest absolute Gasteiger partial charge is 0.251 e. The molecule has 1 aromatic rings. The van der Waals surface area contributed by atoms with Gasteiger partial charge in [-0.25, -0.2) is 0 Å². The molecule has 2 amide bonds. The number of nitrogens with one attached hydrogen (secondary N) is 1. The van der Waals surface area contributed by atoms with Gasteiger partial charge < -0.3 is 10.2 Å². The molecule has 0 aromatic heterocycles. The molecule has 0 bridgehead atoms. The lowest BCUT2D eigenvalue weighted by Gasteiger charge is -2.21. The zero-order valence-corrected chi connectivity index (χ0v) is 11.6. The molecule has 1 atom stereocenters. The van der Waals surface area contributed by atoms with Gasteiger partial charge in [-0.3, -0.25) is 9.59 Å². The van der Waals surface area contributed by atoms with Gasteiger partial charge in [-0.2, -0.15) is 0 Å². The first kappa shape index (κ1) is 13.9. The zero-order valence-electron chi connectivity index (χ0n) is 10.9. The fourth-order valence-corrected chi connectivity index (χ4v) is 2.39. The Morgan fingerprint density at radius 1 is 1.37 bits per heavy atom. The molecule has 19 heavy (non-hydrogen) atoms. The van der Waals surface area contributed by atoms with E-state index in [1.807, 2.05) is 11.8 Å². The Kier molecular flexibility index (Phi) is 4.43. The standard InChI is InChI=1S/C14H17ClN2O2/c1-10-3-2-8-17(10)13(18)9-16-14(19)11-4-6-12(15)7-5-11/h4-7,10H,2-3,8-9H2,1H3,(H,16,19). The monoisotopic (exact) mass is 280 g/mol. The summed E-state index contributed by atoms with van der Waals surface area (Å²) in [5.41, 5.74) is 0.506. The summed E-state index contributed by atoms with van der Waals surface area (Å²) in [5, 5.41) is 3.22. The summed E-state index contributed by atoms with van der Waals surface area (Å²) in [6, 6.07) is 6.86. The van der Waals surface area contributed by atoms with Crippen molar-refractivity contribution >= 4 is 23.4 Å². The summed E-state index contributed by atoms with van der Waals surface area (Å²) < 4.78 is 0. The summed E-state index contributed by atoms with van der Waals surface area (Å²) in [5.74, 6) is -0.274. The predicted octanol–water partition coefficient (Wildman–Crippen LogP) is 2.08. The lowest BCUT2D eigenvalue weighted by molar-refractivity contribution is -0.130. The molecule has 1 fully saturated rings. The number of carbonyl (C=O) groups excluding carboxylic acids is 2. The molecule has 1 aliphatic rings. The van der Waals surface area contributed by atoms with Gasteiger partial charge in [0.2, 0.25) is 5.91 Å². The second kappa shape index (κ2) is 6.06. The maximum atomic E-state index is 11.9. The molecule has 1 N–H and O–H groups in total. The first-order valence-electron chi connectivity index (χ1n) is 6.41. The Bertz CT molecular complexity index is 473. The summed E-state index contributed by atoms with van der Waals surface area (Å²) >= 11 is 5.75. The molecule has 5 heteroatoms. The average Bonchev–Trinajstić information content (AvgIpc) is 2.83. The van der Waals surface area contributed by atoms with E-state index in [2.05, 4.69) is 5.32 Å². The number of benzene rings is 1. The van der Waals surface area contributed by atoms with E-state index in [9.17, 15) is 9.59 Å². The number of hydrogen-bond donors (Lipinski definition) is 1. The maximum absolute atomic E-state index is 11.9. The Morgan fingerprint density at radius 2 is 2.05 bits per heavy atom. The van der Waals surface area contributed by atoms with Gasteiger partial charge in [-0.15, -0.1) is 0 Å². The van der Waals surface area contributed by atoms with Gasteiger partial charge in [0.25, 0.3) is 5.91 Å². The predicted molar refractivity (Wildman–Crippen MR) is 74.2 cm³/mol. The summed E-state index contributed by atoms with van der Waals surface area (Å²) in [7, 11) is 0. The highest BCUT2D eigenvalue weighted by Gasteiger charge is 2.24. The van der Waals surface area contributed by atoms with E-state index in [1.54, 1.807) is 24.3 Å². The van der Waals surface area contributed by atoms with E-state index < -0.39 is 0 Å². The molecule has 2 rings (SSSR count). The molecule has 1 saturated heterocycles. The van der Waals surface area contributed by atoms with Crippen molar-refractivity contribution in [2.75, 3.05) is 13.1 Å². The number of hydrogen-bond acceptors (Lipinski definition) is 2. The first-order chi connectivity index (χ1) is 9.08. The van der Waals surface area contributed by atoms with Crippen LogP contribution in [0.15, 0.2) is 24.3 Å². The van der Waals surface area contributed by atoms with Crippen LogP contribution in [0, 0.1) is 0 Å². The number of likely N-dealkylation sites (tertiary alicyclic amines) is 1. The van der Waals surface area contributed by atoms with Crippen molar-refractivity contribution < 1.29 is 9.59 Å². The average molecular weight is 281 g/mol. The molecule has 1 aromatic carbocycles. The van der Waals surface area contributed by atoms with Crippen LogP contribution >= 0.6 is 11.6 Å². The molecule has 1 unspecified atom stereocenters. The van der Waals surface area contributed by atoms with Gasteiger partial charge in [0, 0.05) is 23.2 Å². The van der Waals surface area contributed by atoms with E-state index in [1.165, 1.54) is 0 Å². The lowest BCUT2D eigenvalue weighted by atomic mass is 10.2. The Hall–Kier alpha value is -1.55. The van der Waals surface area contributed by atoms with Crippen LogP contribution in [-0.4, -0.2) is 35.8 Å². The van der Waals surface area contributed by atoms with Gasteiger partial charge in [0.1, 0.15) is 0 Å². The first-order valence-corrected chi connectivity index (χ1v) is 6.79. The molecule has 0 saturated carbocycles. The fourth-order valence-electron chi connectivity index (χ4n) is 2.26. The molecule has 4 nitrogen and oxygen atoms in total. The number of rotatable bonds is 3. The van der Waals surface area contributed by atoms with E-state index >= 15 is 0 Å². The molecule has 0 radical (unpaired) electrons. The van der Waals surface area contributed by atoms with Gasteiger partial charge in [0.15, 0.2) is 0 Å². The number of amides is 2. The minimum atomic E-state index is -0.253. The SMILES string of the molecule is CC1CCCN1C(=O)CNC(=O)c1ccc(Cl)cc1. The molecule has 1 aliphatic heterocycles. The van der Waals surface area contributed by atoms with E-state index in [-0.39, 0.29) is 24.4 Å². The van der Waals surface area contributed by atoms with Gasteiger partial charge >= 0.3 is 0 Å². The van der Waals surface area contributed by atoms with Gasteiger partial charge in [-0.1, -0.05) is 11.6 Å². The van der Waals surface area contributed by atoms with Crippen LogP contribution in [0.2, 0.25) is 5.02 Å². The third-order valence-electron chi connectivity index (χ3n) is 3.38. The summed E-state index contributed by atoms with van der Waals surface area (Å²) in [6.07, 6.45) is 2.08. The molecule has 0 spiro atoms. The molecule has 102 valence electrons. The number of carbonyl (C=O) groups is 2. The second-order valence-corrected chi connectivity index (χ2v) is 5.20. The quantitative estimate of drug-likeness (QED) is 0.922. The van der Waals surface area contributed by atoms with Crippen LogP contribution in [0.5, 0.6) is 0 Å². The normalized spacial score (nSPS) is 18.4. The van der Waals surface area contributed by atoms with Crippen molar-refractivity contribution in [1.82, 2.24) is 10.2 Å². The van der Waals surface area contributed by atoms with E-state index in [0.29, 0.717) is 10.6 Å². The Labute approximate surface area is 117 Å². The molecule has 1 heterocycles. The van der Waals surface area contributed by atoms with Crippen LogP contribution in [0.3, 0.4) is 0 Å². The number of nitrogens with zero attached hydrogens (tertiary/aromatic N) is 1. The highest BCUT2D eigenvalue weighted by molar-refractivity contribution is 6.30. The topological polar surface area (TPSA) is 49.4 Å². The van der Waals surface area contributed by atoms with Crippen LogP contribution in [-0.2, 0) is 4.79 Å².